The number of amides is 8. The topological polar surface area (TPSA) is 322 Å². The predicted octanol–water partition coefficient (Wildman–Crippen LogP) is 5.45. The lowest BCUT2D eigenvalue weighted by Gasteiger charge is -2.21. The fraction of sp³-hybridized carbons (Fsp3) is 0.453. The van der Waals surface area contributed by atoms with Crippen molar-refractivity contribution in [2.45, 2.75) is 148 Å². The minimum absolute atomic E-state index is 0. The first-order chi connectivity index (χ1) is 42.6. The highest BCUT2D eigenvalue weighted by atomic mass is 79.9. The Morgan fingerprint density at radius 2 is 0.901 bits per heavy atom. The van der Waals surface area contributed by atoms with Gasteiger partial charge >= 0.3 is 29.3 Å². The van der Waals surface area contributed by atoms with Crippen LogP contribution >= 0.6 is 25.8 Å². The Balaban J connectivity index is 0.000000229. The fourth-order valence-corrected chi connectivity index (χ4v) is 10.7. The number of ether oxygens (including phenoxy) is 2. The number of unbranched alkanes of at least 4 members (excludes halogenated alkanes) is 3. The molecule has 3 saturated heterocycles. The van der Waals surface area contributed by atoms with Crippen LogP contribution in [0.1, 0.15) is 148 Å². The largest absolute Gasteiger partial charge is 0.444 e. The Hall–Kier alpha value is -9.02. The number of fused-ring (bicyclic) bond motifs is 3. The Kier molecular flexibility index (Phi) is 26.1. The molecule has 4 unspecified atom stereocenters. The molecule has 25 nitrogen and oxygen atoms in total. The third-order valence-corrected chi connectivity index (χ3v) is 14.7. The highest BCUT2D eigenvalue weighted by Gasteiger charge is 2.34. The van der Waals surface area contributed by atoms with Gasteiger partial charge in [-0.05, 0) is 139 Å². The number of hydrogen-bond acceptors (Lipinski definition) is 14. The van der Waals surface area contributed by atoms with Gasteiger partial charge in [0.1, 0.15) is 29.3 Å². The molecule has 8 amide bonds. The molecule has 3 aromatic heterocycles. The molecule has 3 aliphatic rings. The number of hydrogen-bond donors (Lipinski definition) is 6. The number of aryl methyl sites for hydroxylation is 3. The van der Waals surface area contributed by atoms with Gasteiger partial charge in [0, 0.05) is 77.2 Å². The second kappa shape index (κ2) is 32.6. The summed E-state index contributed by atoms with van der Waals surface area (Å²) in [6, 6.07) is 14.3. The fourth-order valence-electron chi connectivity index (χ4n) is 10.0. The number of imidazole rings is 3. The first kappa shape index (κ1) is 72.7. The zero-order valence-corrected chi connectivity index (χ0v) is 55.8. The van der Waals surface area contributed by atoms with E-state index in [0.717, 1.165) is 28.4 Å². The molecule has 7 N–H and O–H groups in total. The van der Waals surface area contributed by atoms with E-state index in [1.807, 2.05) is 51.1 Å². The molecule has 0 radical (unpaired) electrons. The Bertz CT molecular complexity index is 4110. The molecule has 0 bridgehead atoms. The number of imide groups is 3. The lowest BCUT2D eigenvalue weighted by atomic mass is 10.1. The van der Waals surface area contributed by atoms with Gasteiger partial charge in [0.2, 0.25) is 35.4 Å². The molecule has 486 valence electrons. The predicted molar refractivity (Wildman–Crippen MR) is 352 cm³/mol. The summed E-state index contributed by atoms with van der Waals surface area (Å²) in [5, 5.41) is 12.2. The van der Waals surface area contributed by atoms with Gasteiger partial charge in [0.05, 0.1) is 44.2 Å². The summed E-state index contributed by atoms with van der Waals surface area (Å²) >= 11 is 3.42. The van der Waals surface area contributed by atoms with E-state index in [1.165, 1.54) is 27.4 Å². The van der Waals surface area contributed by atoms with Crippen LogP contribution in [0, 0.1) is 36.0 Å². The van der Waals surface area contributed by atoms with Crippen LogP contribution in [0.3, 0.4) is 0 Å². The van der Waals surface area contributed by atoms with E-state index < -0.39 is 53.1 Å². The van der Waals surface area contributed by atoms with Crippen molar-refractivity contribution in [1.29, 1.82) is 0 Å². The Morgan fingerprint density at radius 1 is 0.560 bits per heavy atom. The van der Waals surface area contributed by atoms with E-state index in [1.54, 1.807) is 66.2 Å². The number of carbonyl (C=O) groups is 8. The average molecular weight is 1340 g/mol. The summed E-state index contributed by atoms with van der Waals surface area (Å²) in [5.74, 6) is 12.6. The van der Waals surface area contributed by atoms with E-state index in [4.69, 9.17) is 21.6 Å². The minimum atomic E-state index is -0.731. The monoisotopic (exact) mass is 1330 g/mol. The zero-order chi connectivity index (χ0) is 66.2. The van der Waals surface area contributed by atoms with Crippen molar-refractivity contribution >= 4 is 107 Å². The lowest BCUT2D eigenvalue weighted by Crippen LogP contribution is -2.44. The quantitative estimate of drug-likeness (QED) is 0.0407. The number of terminal acetylenes is 1. The van der Waals surface area contributed by atoms with Gasteiger partial charge in [0.25, 0.3) is 0 Å². The van der Waals surface area contributed by atoms with Crippen LogP contribution in [-0.2, 0) is 59.4 Å². The summed E-state index contributed by atoms with van der Waals surface area (Å²) in [5.41, 5.74) is 9.03. The van der Waals surface area contributed by atoms with Crippen molar-refractivity contribution in [3.8, 4) is 36.0 Å². The molecule has 3 aromatic carbocycles. The maximum Gasteiger partial charge on any atom is 0.407 e. The Morgan fingerprint density at radius 3 is 1.25 bits per heavy atom. The molecule has 9 rings (SSSR count). The van der Waals surface area contributed by atoms with Crippen LogP contribution in [0.15, 0.2) is 73.5 Å². The standard InChI is InChI=1S/C23H28N4O5.C18H20N4O3.C13H12BrN3O3.C10H17NO2.H3P/c1-23(2,3)32-21(30)24-14-7-5-6-9-15-10-8-11-16-19(15)26(4)22(31)27(16)17-12-13-18(28)25-20(17)29;1-21-16-12(6-3-2-4-11-19)7-5-8-13(16)22(18(21)25)14-9-10-15(23)20-17(14)24;1-16-11-7(14)3-2-4-8(11)17(13(16)20)9-5-6-10(18)15-12(9)19;1-5-6-7-8-11-9(12)13-10(2,3)4;/h8,10-11,17H,5,7,12-14H2,1-4H3,(H,24,30)(H,25,28,29);5,7-8,14H,2,4,9-11,19H2,1H3,(H,20,23,24);2-4,9H,5-6H2,1H3,(H,15,18,19);1H,6-8H2,2-4H3,(H,11,12);1H3. The molecule has 3 fully saturated rings. The Labute approximate surface area is 538 Å². The van der Waals surface area contributed by atoms with Gasteiger partial charge in [-0.1, -0.05) is 41.9 Å². The smallest absolute Gasteiger partial charge is 0.407 e. The van der Waals surface area contributed by atoms with Gasteiger partial charge in [-0.3, -0.25) is 72.1 Å². The summed E-state index contributed by atoms with van der Waals surface area (Å²) in [7, 11) is 4.97. The van der Waals surface area contributed by atoms with Crippen molar-refractivity contribution in [3.05, 3.63) is 102 Å². The van der Waals surface area contributed by atoms with Gasteiger partial charge in [-0.15, -0.1) is 12.3 Å². The number of aromatic nitrogens is 6. The van der Waals surface area contributed by atoms with Crippen molar-refractivity contribution in [1.82, 2.24) is 54.0 Å². The molecular formula is C64H80BrN12O13P. The van der Waals surface area contributed by atoms with Crippen molar-refractivity contribution < 1.29 is 47.8 Å². The van der Waals surface area contributed by atoms with E-state index in [-0.39, 0.29) is 76.5 Å². The van der Waals surface area contributed by atoms with Gasteiger partial charge < -0.3 is 25.8 Å². The molecule has 0 aliphatic carbocycles. The SMILES string of the molecule is C#CCCCNC(=O)OC(C)(C)C.Cn1c(=O)n(C2CCC(=O)NC2=O)c2cccc(Br)c21.Cn1c(=O)n(C2CCC(=O)NC2=O)c2cccc(C#CCCCN)c21.Cn1c(=O)n(C2CCC(=O)NC2=O)c2cccc(C#CCCCNC(=O)OC(C)(C)C)c21.P. The van der Waals surface area contributed by atoms with Crippen molar-refractivity contribution in [3.63, 3.8) is 0 Å². The molecule has 0 saturated carbocycles. The van der Waals surface area contributed by atoms with Crippen LogP contribution < -0.4 is 49.4 Å². The number of carbonyl (C=O) groups excluding carboxylic acids is 8. The van der Waals surface area contributed by atoms with Crippen LogP contribution in [0.2, 0.25) is 0 Å². The lowest BCUT2D eigenvalue weighted by molar-refractivity contribution is -0.137. The van der Waals surface area contributed by atoms with Crippen LogP contribution in [0.4, 0.5) is 9.59 Å². The molecule has 6 heterocycles. The number of rotatable bonds is 11. The molecule has 6 aromatic rings. The van der Waals surface area contributed by atoms with Crippen molar-refractivity contribution in [2.24, 2.45) is 26.9 Å². The number of alkyl carbamates (subject to hydrolysis) is 2. The number of nitrogens with one attached hydrogen (secondary N) is 5. The van der Waals surface area contributed by atoms with E-state index in [9.17, 15) is 52.7 Å². The average Bonchev–Trinajstić information content (AvgIpc) is 1.64. The van der Waals surface area contributed by atoms with Gasteiger partial charge in [-0.2, -0.15) is 9.90 Å². The van der Waals surface area contributed by atoms with E-state index in [2.05, 4.69) is 72.1 Å². The molecule has 3 aliphatic heterocycles. The minimum Gasteiger partial charge on any atom is -0.444 e. The second-order valence-corrected chi connectivity index (χ2v) is 24.1. The molecule has 91 heavy (non-hydrogen) atoms. The highest BCUT2D eigenvalue weighted by molar-refractivity contribution is 9.10. The number of benzene rings is 3. The maximum absolute atomic E-state index is 12.9. The molecular weight excluding hydrogens is 1260 g/mol. The summed E-state index contributed by atoms with van der Waals surface area (Å²) in [4.78, 5) is 131. The normalized spacial score (nSPS) is 16.2. The zero-order valence-electron chi connectivity index (χ0n) is 52.8. The number of nitrogens with two attached hydrogens (primary N) is 1. The molecule has 0 spiro atoms. The third-order valence-electron chi connectivity index (χ3n) is 14.1. The first-order valence-corrected chi connectivity index (χ1v) is 30.2. The number of para-hydroxylation sites is 3. The first-order valence-electron chi connectivity index (χ1n) is 29.4. The third kappa shape index (κ3) is 19.0. The highest BCUT2D eigenvalue weighted by Crippen LogP contribution is 2.29. The number of halogens is 1. The van der Waals surface area contributed by atoms with E-state index in [0.29, 0.717) is 91.3 Å². The van der Waals surface area contributed by atoms with Crippen molar-refractivity contribution in [2.75, 3.05) is 19.6 Å². The van der Waals surface area contributed by atoms with Gasteiger partial charge in [-0.25, -0.2) is 24.0 Å². The number of piperidine rings is 3. The second-order valence-electron chi connectivity index (χ2n) is 23.3. The summed E-state index contributed by atoms with van der Waals surface area (Å²) < 4.78 is 19.8. The molecule has 27 heteroatoms. The van der Waals surface area contributed by atoms with Crippen LogP contribution in [0.5, 0.6) is 0 Å². The number of nitrogens with zero attached hydrogens (tertiary/aromatic N) is 6. The summed E-state index contributed by atoms with van der Waals surface area (Å²) in [6.45, 7) is 12.5. The maximum atomic E-state index is 12.9. The molecule has 4 atom stereocenters. The van der Waals surface area contributed by atoms with Crippen LogP contribution in [-0.4, -0.2) is 106 Å². The van der Waals surface area contributed by atoms with E-state index >= 15 is 0 Å². The van der Waals surface area contributed by atoms with Gasteiger partial charge in [0.15, 0.2) is 0 Å². The van der Waals surface area contributed by atoms with Crippen LogP contribution in [0.25, 0.3) is 33.1 Å². The summed E-state index contributed by atoms with van der Waals surface area (Å²) in [6.07, 6.45) is 9.98.